The van der Waals surface area contributed by atoms with E-state index in [0.29, 0.717) is 12.5 Å². The number of hydrogen-bond acceptors (Lipinski definition) is 3. The van der Waals surface area contributed by atoms with E-state index < -0.39 is 6.29 Å². The maximum atomic E-state index is 8.65. The monoisotopic (exact) mass is 117 g/mol. The van der Waals surface area contributed by atoms with E-state index in [2.05, 4.69) is 0 Å². The minimum Gasteiger partial charge on any atom is -0.366 e. The summed E-state index contributed by atoms with van der Waals surface area (Å²) >= 11 is 0. The van der Waals surface area contributed by atoms with Crippen LogP contribution in [0.5, 0.6) is 0 Å². The number of epoxide rings is 1. The Morgan fingerprint density at radius 1 is 1.88 bits per heavy atom. The Labute approximate surface area is 48.4 Å². The largest absolute Gasteiger partial charge is 0.366 e. The van der Waals surface area contributed by atoms with Crippen LogP contribution in [0.25, 0.3) is 0 Å². The Balaban J connectivity index is 2.18. The molecular formula is C5H11NO2. The van der Waals surface area contributed by atoms with E-state index in [1.807, 2.05) is 6.92 Å². The molecule has 8 heavy (non-hydrogen) atoms. The number of nitrogens with two attached hydrogens (primary N) is 1. The van der Waals surface area contributed by atoms with Crippen LogP contribution in [-0.2, 0) is 4.74 Å². The van der Waals surface area contributed by atoms with Crippen molar-refractivity contribution >= 4 is 0 Å². The van der Waals surface area contributed by atoms with Crippen LogP contribution >= 0.6 is 0 Å². The minimum absolute atomic E-state index is 0.0139. The van der Waals surface area contributed by atoms with Crippen molar-refractivity contribution < 1.29 is 9.84 Å². The van der Waals surface area contributed by atoms with Crippen LogP contribution in [0.15, 0.2) is 0 Å². The van der Waals surface area contributed by atoms with Crippen molar-refractivity contribution in [1.29, 1.82) is 0 Å². The minimum atomic E-state index is -0.534. The lowest BCUT2D eigenvalue weighted by Gasteiger charge is -1.99. The van der Waals surface area contributed by atoms with E-state index in [1.165, 1.54) is 0 Å². The first-order valence-electron chi connectivity index (χ1n) is 2.79. The van der Waals surface area contributed by atoms with Gasteiger partial charge >= 0.3 is 0 Å². The molecule has 48 valence electrons. The highest BCUT2D eigenvalue weighted by Crippen LogP contribution is 2.25. The summed E-state index contributed by atoms with van der Waals surface area (Å²) in [7, 11) is 0. The van der Waals surface area contributed by atoms with Crippen LogP contribution in [-0.4, -0.2) is 24.0 Å². The van der Waals surface area contributed by atoms with Crippen molar-refractivity contribution in [3.63, 3.8) is 0 Å². The van der Waals surface area contributed by atoms with Gasteiger partial charge in [0.1, 0.15) is 6.10 Å². The fourth-order valence-electron chi connectivity index (χ4n) is 0.665. The zero-order valence-electron chi connectivity index (χ0n) is 4.87. The van der Waals surface area contributed by atoms with Gasteiger partial charge in [0.05, 0.1) is 0 Å². The number of hydrogen-bond donors (Lipinski definition) is 2. The fraction of sp³-hybridized carbons (Fsp3) is 1.00. The molecule has 3 nitrogen and oxygen atoms in total. The van der Waals surface area contributed by atoms with Crippen LogP contribution in [0.3, 0.4) is 0 Å². The van der Waals surface area contributed by atoms with Crippen LogP contribution < -0.4 is 5.73 Å². The number of aliphatic hydroxyl groups is 1. The molecular weight excluding hydrogens is 106 g/mol. The van der Waals surface area contributed by atoms with Gasteiger partial charge in [-0.3, -0.25) is 0 Å². The summed E-state index contributed by atoms with van der Waals surface area (Å²) in [6, 6.07) is 0. The predicted molar refractivity (Wildman–Crippen MR) is 29.1 cm³/mol. The van der Waals surface area contributed by atoms with Gasteiger partial charge < -0.3 is 15.6 Å². The molecule has 3 atom stereocenters. The molecule has 0 aromatic carbocycles. The third-order valence-electron chi connectivity index (χ3n) is 1.43. The molecule has 1 aliphatic heterocycles. The smallest absolute Gasteiger partial charge is 0.182 e. The highest BCUT2D eigenvalue weighted by Gasteiger charge is 2.40. The van der Waals surface area contributed by atoms with E-state index in [9.17, 15) is 0 Å². The van der Waals surface area contributed by atoms with Gasteiger partial charge in [-0.1, -0.05) is 6.92 Å². The summed E-state index contributed by atoms with van der Waals surface area (Å²) in [5.41, 5.74) is 5.28. The number of aliphatic hydroxyl groups excluding tert-OH is 1. The lowest BCUT2D eigenvalue weighted by atomic mass is 10.1. The fourth-order valence-corrected chi connectivity index (χ4v) is 0.665. The molecule has 1 fully saturated rings. The molecule has 0 aromatic rings. The SMILES string of the molecule is C[C@H](CN)C1OC1O. The zero-order valence-corrected chi connectivity index (χ0v) is 4.87. The molecule has 0 aromatic heterocycles. The normalized spacial score (nSPS) is 39.4. The molecule has 0 aliphatic carbocycles. The second kappa shape index (κ2) is 2.01. The van der Waals surface area contributed by atoms with Crippen molar-refractivity contribution in [2.75, 3.05) is 6.54 Å². The zero-order chi connectivity index (χ0) is 6.15. The number of rotatable bonds is 2. The summed E-state index contributed by atoms with van der Waals surface area (Å²) in [5.74, 6) is 0.296. The molecule has 3 heteroatoms. The Kier molecular flexibility index (Phi) is 1.51. The second-order valence-electron chi connectivity index (χ2n) is 2.20. The van der Waals surface area contributed by atoms with E-state index in [4.69, 9.17) is 15.6 Å². The summed E-state index contributed by atoms with van der Waals surface area (Å²) < 4.78 is 4.75. The highest BCUT2D eigenvalue weighted by atomic mass is 16.7. The Morgan fingerprint density at radius 3 is 2.50 bits per heavy atom. The van der Waals surface area contributed by atoms with Crippen LogP contribution in [0, 0.1) is 5.92 Å². The second-order valence-corrected chi connectivity index (χ2v) is 2.20. The van der Waals surface area contributed by atoms with E-state index in [1.54, 1.807) is 0 Å². The average Bonchev–Trinajstić information content (AvgIpc) is 2.45. The Bertz CT molecular complexity index is 84.5. The standard InChI is InChI=1S/C5H11NO2/c1-3(2-6)4-5(7)8-4/h3-5,7H,2,6H2,1H3/t3-,4?,5?/m1/s1. The Hall–Kier alpha value is -0.120. The van der Waals surface area contributed by atoms with Gasteiger partial charge in [-0.25, -0.2) is 0 Å². The van der Waals surface area contributed by atoms with Crippen LogP contribution in [0.1, 0.15) is 6.92 Å². The average molecular weight is 117 g/mol. The first kappa shape index (κ1) is 6.01. The molecule has 0 amide bonds. The first-order chi connectivity index (χ1) is 3.75. The van der Waals surface area contributed by atoms with Gasteiger partial charge in [-0.2, -0.15) is 0 Å². The van der Waals surface area contributed by atoms with Gasteiger partial charge in [0.15, 0.2) is 6.29 Å². The van der Waals surface area contributed by atoms with Gasteiger partial charge in [0, 0.05) is 0 Å². The maximum Gasteiger partial charge on any atom is 0.182 e. The molecule has 1 saturated heterocycles. The lowest BCUT2D eigenvalue weighted by molar-refractivity contribution is 0.155. The van der Waals surface area contributed by atoms with Crippen molar-refractivity contribution in [3.05, 3.63) is 0 Å². The van der Waals surface area contributed by atoms with Gasteiger partial charge in [-0.15, -0.1) is 0 Å². The van der Waals surface area contributed by atoms with E-state index in [0.717, 1.165) is 0 Å². The molecule has 2 unspecified atom stereocenters. The van der Waals surface area contributed by atoms with Gasteiger partial charge in [-0.05, 0) is 12.5 Å². The van der Waals surface area contributed by atoms with Crippen molar-refractivity contribution in [1.82, 2.24) is 0 Å². The van der Waals surface area contributed by atoms with Gasteiger partial charge in [0.25, 0.3) is 0 Å². The summed E-state index contributed by atoms with van der Waals surface area (Å²) in [5, 5.41) is 8.65. The summed E-state index contributed by atoms with van der Waals surface area (Å²) in [6.45, 7) is 2.54. The quantitative estimate of drug-likeness (QED) is 0.470. The van der Waals surface area contributed by atoms with Crippen LogP contribution in [0.2, 0.25) is 0 Å². The third kappa shape index (κ3) is 0.992. The van der Waals surface area contributed by atoms with E-state index >= 15 is 0 Å². The summed E-state index contributed by atoms with van der Waals surface area (Å²) in [6.07, 6.45) is -0.520. The topological polar surface area (TPSA) is 58.8 Å². The highest BCUT2D eigenvalue weighted by molar-refractivity contribution is 4.80. The first-order valence-corrected chi connectivity index (χ1v) is 2.79. The maximum absolute atomic E-state index is 8.65. The summed E-state index contributed by atoms with van der Waals surface area (Å²) in [4.78, 5) is 0. The van der Waals surface area contributed by atoms with Crippen molar-refractivity contribution in [2.24, 2.45) is 11.7 Å². The van der Waals surface area contributed by atoms with Crippen LogP contribution in [0.4, 0.5) is 0 Å². The Morgan fingerprint density at radius 2 is 2.38 bits per heavy atom. The molecule has 1 rings (SSSR count). The molecule has 0 saturated carbocycles. The predicted octanol–water partition coefficient (Wildman–Crippen LogP) is -0.702. The van der Waals surface area contributed by atoms with E-state index in [-0.39, 0.29) is 6.10 Å². The lowest BCUT2D eigenvalue weighted by Crippen LogP contribution is -2.17. The number of ether oxygens (including phenoxy) is 1. The van der Waals surface area contributed by atoms with Crippen molar-refractivity contribution in [2.45, 2.75) is 19.3 Å². The molecule has 0 spiro atoms. The molecule has 3 N–H and O–H groups in total. The molecule has 1 heterocycles. The molecule has 0 bridgehead atoms. The molecule has 0 radical (unpaired) electrons. The molecule has 1 aliphatic rings. The third-order valence-corrected chi connectivity index (χ3v) is 1.43. The van der Waals surface area contributed by atoms with Gasteiger partial charge in [0.2, 0.25) is 0 Å². The van der Waals surface area contributed by atoms with Crippen molar-refractivity contribution in [3.8, 4) is 0 Å².